The molecule has 0 saturated heterocycles. The van der Waals surface area contributed by atoms with E-state index >= 15 is 0 Å². The van der Waals surface area contributed by atoms with Crippen molar-refractivity contribution in [3.05, 3.63) is 0 Å². The Morgan fingerprint density at radius 3 is 1.09 bits per heavy atom. The Balaban J connectivity index is 4.93. The van der Waals surface area contributed by atoms with Gasteiger partial charge in [-0.25, -0.2) is 14.6 Å². The van der Waals surface area contributed by atoms with Crippen molar-refractivity contribution in [2.45, 2.75) is 134 Å². The predicted molar refractivity (Wildman–Crippen MR) is 125 cm³/mol. The smallest absolute Gasteiger partial charge is 0.401 e. The van der Waals surface area contributed by atoms with E-state index in [9.17, 15) is 4.79 Å². The molecular formula is C25H50O7. The number of carbonyl (C=O) groups excluding carboxylic acids is 1. The molecule has 0 aliphatic heterocycles. The predicted octanol–water partition coefficient (Wildman–Crippen LogP) is 7.43. The van der Waals surface area contributed by atoms with Gasteiger partial charge in [0.2, 0.25) is 12.6 Å². The average Bonchev–Trinajstić information content (AvgIpc) is 2.50. The van der Waals surface area contributed by atoms with Crippen molar-refractivity contribution in [3.8, 4) is 0 Å². The number of rotatable bonds is 12. The third kappa shape index (κ3) is 15.0. The van der Waals surface area contributed by atoms with Crippen LogP contribution in [0.4, 0.5) is 4.79 Å². The van der Waals surface area contributed by atoms with Crippen LogP contribution in [0.3, 0.4) is 0 Å². The van der Waals surface area contributed by atoms with Gasteiger partial charge in [0.1, 0.15) is 0 Å². The van der Waals surface area contributed by atoms with Crippen LogP contribution >= 0.6 is 0 Å². The second kappa shape index (κ2) is 12.0. The second-order valence-corrected chi connectivity index (χ2v) is 13.1. The Morgan fingerprint density at radius 1 is 0.594 bits per heavy atom. The number of carbonyl (C=O) groups is 1. The van der Waals surface area contributed by atoms with Gasteiger partial charge in [0.15, 0.2) is 0 Å². The van der Waals surface area contributed by atoms with Crippen LogP contribution in [0.2, 0.25) is 0 Å². The van der Waals surface area contributed by atoms with Crippen LogP contribution in [-0.2, 0) is 29.0 Å². The summed E-state index contributed by atoms with van der Waals surface area (Å²) in [6.45, 7) is 28.0. The van der Waals surface area contributed by atoms with Crippen LogP contribution in [0.5, 0.6) is 0 Å². The van der Waals surface area contributed by atoms with Crippen LogP contribution in [0.15, 0.2) is 0 Å². The second-order valence-electron chi connectivity index (χ2n) is 13.1. The molecule has 2 atom stereocenters. The Labute approximate surface area is 196 Å². The van der Waals surface area contributed by atoms with E-state index in [4.69, 9.17) is 29.0 Å². The summed E-state index contributed by atoms with van der Waals surface area (Å²) in [5, 5.41) is 0. The Bertz CT molecular complexity index is 506. The van der Waals surface area contributed by atoms with Crippen LogP contribution in [0, 0.1) is 22.7 Å². The molecule has 0 amide bonds. The number of hydrogen-bond acceptors (Lipinski definition) is 7. The highest BCUT2D eigenvalue weighted by Crippen LogP contribution is 2.31. The molecule has 2 unspecified atom stereocenters. The molecule has 0 aromatic heterocycles. The fourth-order valence-electron chi connectivity index (χ4n) is 3.72. The summed E-state index contributed by atoms with van der Waals surface area (Å²) in [6, 6.07) is 0. The van der Waals surface area contributed by atoms with E-state index in [-0.39, 0.29) is 22.7 Å². The molecule has 0 saturated carbocycles. The Morgan fingerprint density at radius 2 is 0.875 bits per heavy atom. The van der Waals surface area contributed by atoms with Gasteiger partial charge in [-0.15, -0.1) is 0 Å². The maximum absolute atomic E-state index is 12.5. The standard InChI is InChI=1S/C25H50O7/c1-17(2)19(29-31-24(11,12)15-22(5,6)7)27-21(26)28-20(18(3)4)30-32-25(13,14)16-23(8,9)10/h17-20H,15-16H2,1-14H3. The van der Waals surface area contributed by atoms with Gasteiger partial charge in [0, 0.05) is 11.8 Å². The Hall–Kier alpha value is -0.890. The molecule has 0 radical (unpaired) electrons. The topological polar surface area (TPSA) is 72.5 Å². The van der Waals surface area contributed by atoms with Crippen LogP contribution in [0.25, 0.3) is 0 Å². The molecule has 0 fully saturated rings. The molecule has 0 spiro atoms. The summed E-state index contributed by atoms with van der Waals surface area (Å²) in [4.78, 5) is 34.7. The van der Waals surface area contributed by atoms with Gasteiger partial charge in [-0.05, 0) is 51.4 Å². The van der Waals surface area contributed by atoms with Gasteiger partial charge in [0.25, 0.3) is 0 Å². The molecule has 0 bridgehead atoms. The average molecular weight is 463 g/mol. The minimum atomic E-state index is -0.923. The first-order valence-corrected chi connectivity index (χ1v) is 11.7. The molecule has 0 heterocycles. The molecule has 7 nitrogen and oxygen atoms in total. The van der Waals surface area contributed by atoms with Crippen molar-refractivity contribution < 1.29 is 33.8 Å². The van der Waals surface area contributed by atoms with E-state index in [1.807, 2.05) is 55.4 Å². The zero-order valence-corrected chi connectivity index (χ0v) is 23.1. The lowest BCUT2D eigenvalue weighted by Gasteiger charge is -2.33. The summed E-state index contributed by atoms with van der Waals surface area (Å²) in [5.74, 6) is -0.290. The molecule has 0 aromatic rings. The zero-order valence-electron chi connectivity index (χ0n) is 23.1. The van der Waals surface area contributed by atoms with Gasteiger partial charge < -0.3 is 9.47 Å². The Kier molecular flexibility index (Phi) is 11.7. The van der Waals surface area contributed by atoms with Crippen molar-refractivity contribution in [2.75, 3.05) is 0 Å². The summed E-state index contributed by atoms with van der Waals surface area (Å²) < 4.78 is 10.8. The van der Waals surface area contributed by atoms with Crippen molar-refractivity contribution in [3.63, 3.8) is 0 Å². The van der Waals surface area contributed by atoms with Crippen molar-refractivity contribution in [1.82, 2.24) is 0 Å². The van der Waals surface area contributed by atoms with Crippen molar-refractivity contribution in [1.29, 1.82) is 0 Å². The van der Waals surface area contributed by atoms with Crippen LogP contribution in [-0.4, -0.2) is 29.9 Å². The van der Waals surface area contributed by atoms with E-state index < -0.39 is 29.9 Å². The molecule has 0 aromatic carbocycles. The van der Waals surface area contributed by atoms with Crippen molar-refractivity contribution >= 4 is 6.16 Å². The first-order valence-electron chi connectivity index (χ1n) is 11.7. The molecule has 0 N–H and O–H groups in total. The summed E-state index contributed by atoms with van der Waals surface area (Å²) >= 11 is 0. The number of hydrogen-bond donors (Lipinski definition) is 0. The number of ether oxygens (including phenoxy) is 2. The van der Waals surface area contributed by atoms with E-state index in [1.165, 1.54) is 0 Å². The lowest BCUT2D eigenvalue weighted by molar-refractivity contribution is -0.434. The largest absolute Gasteiger partial charge is 0.513 e. The minimum absolute atomic E-state index is 0.0581. The van der Waals surface area contributed by atoms with E-state index in [2.05, 4.69) is 41.5 Å². The van der Waals surface area contributed by atoms with Gasteiger partial charge in [-0.3, -0.25) is 0 Å². The minimum Gasteiger partial charge on any atom is -0.401 e. The van der Waals surface area contributed by atoms with Crippen molar-refractivity contribution in [2.24, 2.45) is 22.7 Å². The monoisotopic (exact) mass is 462 g/mol. The third-order valence-electron chi connectivity index (χ3n) is 4.16. The van der Waals surface area contributed by atoms with Crippen LogP contribution in [0.1, 0.15) is 110 Å². The van der Waals surface area contributed by atoms with Gasteiger partial charge >= 0.3 is 6.16 Å². The molecule has 0 rings (SSSR count). The van der Waals surface area contributed by atoms with Crippen LogP contribution < -0.4 is 0 Å². The zero-order chi connectivity index (χ0) is 25.5. The summed E-state index contributed by atoms with van der Waals surface area (Å²) in [5.41, 5.74) is -0.978. The maximum atomic E-state index is 12.5. The maximum Gasteiger partial charge on any atom is 0.513 e. The molecule has 0 aliphatic carbocycles. The highest BCUT2D eigenvalue weighted by Gasteiger charge is 2.33. The van der Waals surface area contributed by atoms with E-state index in [0.29, 0.717) is 0 Å². The first kappa shape index (κ1) is 31.1. The highest BCUT2D eigenvalue weighted by molar-refractivity contribution is 5.60. The SMILES string of the molecule is CC(C)C(OOC(C)(C)CC(C)(C)C)OC(=O)OC(OOC(C)(C)CC(C)(C)C)C(C)C. The summed E-state index contributed by atoms with van der Waals surface area (Å²) in [6.07, 6.45) is -1.22. The third-order valence-corrected chi connectivity index (χ3v) is 4.16. The quantitative estimate of drug-likeness (QED) is 0.129. The van der Waals surface area contributed by atoms with E-state index in [0.717, 1.165) is 12.8 Å². The highest BCUT2D eigenvalue weighted by atomic mass is 17.2. The molecular weight excluding hydrogens is 412 g/mol. The van der Waals surface area contributed by atoms with E-state index in [1.54, 1.807) is 0 Å². The first-order chi connectivity index (χ1) is 14.1. The summed E-state index contributed by atoms with van der Waals surface area (Å²) in [7, 11) is 0. The molecule has 0 aliphatic rings. The van der Waals surface area contributed by atoms with Gasteiger partial charge in [-0.1, -0.05) is 69.2 Å². The lowest BCUT2D eigenvalue weighted by Crippen LogP contribution is -2.37. The molecule has 7 heteroatoms. The molecule has 192 valence electrons. The fraction of sp³-hybridized carbons (Fsp3) is 0.960. The lowest BCUT2D eigenvalue weighted by atomic mass is 9.84. The molecule has 32 heavy (non-hydrogen) atoms. The normalized spacial score (nSPS) is 15.8. The van der Waals surface area contributed by atoms with Gasteiger partial charge in [0.05, 0.1) is 11.2 Å². The van der Waals surface area contributed by atoms with Gasteiger partial charge in [-0.2, -0.15) is 9.78 Å². The fourth-order valence-corrected chi connectivity index (χ4v) is 3.72.